The summed E-state index contributed by atoms with van der Waals surface area (Å²) in [7, 11) is 1.57. The van der Waals surface area contributed by atoms with Gasteiger partial charge in [0.2, 0.25) is 5.88 Å². The number of aromatic nitrogens is 5. The second-order valence-corrected chi connectivity index (χ2v) is 10.0. The minimum Gasteiger partial charge on any atom is -0.481 e. The second kappa shape index (κ2) is 8.99. The van der Waals surface area contributed by atoms with E-state index >= 15 is 0 Å². The highest BCUT2D eigenvalue weighted by molar-refractivity contribution is 7.21. The number of thiazole rings is 1. The first-order valence-electron chi connectivity index (χ1n) is 11.9. The van der Waals surface area contributed by atoms with E-state index < -0.39 is 0 Å². The van der Waals surface area contributed by atoms with E-state index in [0.29, 0.717) is 50.8 Å². The van der Waals surface area contributed by atoms with Crippen molar-refractivity contribution in [3.05, 3.63) is 52.7 Å². The Kier molecular flexibility index (Phi) is 5.65. The summed E-state index contributed by atoms with van der Waals surface area (Å²) in [4.78, 5) is 41.4. The number of methoxy groups -OCH3 is 1. The molecule has 36 heavy (non-hydrogen) atoms. The third-order valence-corrected chi connectivity index (χ3v) is 7.90. The summed E-state index contributed by atoms with van der Waals surface area (Å²) in [6.45, 7) is 4.68. The Labute approximate surface area is 209 Å². The van der Waals surface area contributed by atoms with Crippen LogP contribution in [0.4, 0.5) is 0 Å². The Morgan fingerprint density at radius 2 is 2.22 bits per heavy atom. The van der Waals surface area contributed by atoms with Crippen molar-refractivity contribution in [1.29, 1.82) is 0 Å². The topological polar surface area (TPSA) is 118 Å². The molecule has 0 aromatic carbocycles. The van der Waals surface area contributed by atoms with E-state index in [1.54, 1.807) is 23.9 Å². The van der Waals surface area contributed by atoms with Crippen molar-refractivity contribution < 1.29 is 9.53 Å². The highest BCUT2D eigenvalue weighted by atomic mass is 32.1. The molecule has 0 spiro atoms. The van der Waals surface area contributed by atoms with Crippen LogP contribution in [0, 0.1) is 0 Å². The molecule has 6 heterocycles. The number of likely N-dealkylation sites (tertiary alicyclic amines) is 1. The SMILES string of the molecule is COc1ncccc1-c1cn2nc3c4ncc(C(=O)NCCN5CCC[C@@H]5C)cc4[nH]c(=O)c3c2s1. The van der Waals surface area contributed by atoms with Gasteiger partial charge in [-0.2, -0.15) is 5.10 Å². The number of hydrogen-bond acceptors (Lipinski definition) is 8. The molecule has 1 aliphatic rings. The smallest absolute Gasteiger partial charge is 0.261 e. The molecule has 0 radical (unpaired) electrons. The Morgan fingerprint density at radius 3 is 3.03 bits per heavy atom. The maximum absolute atomic E-state index is 13.1. The molecule has 184 valence electrons. The molecule has 6 rings (SSSR count). The first-order chi connectivity index (χ1) is 17.5. The number of fused-ring (bicyclic) bond motifs is 5. The van der Waals surface area contributed by atoms with Crippen LogP contribution < -0.4 is 15.6 Å². The first-order valence-corrected chi connectivity index (χ1v) is 12.7. The summed E-state index contributed by atoms with van der Waals surface area (Å²) in [5, 5.41) is 8.09. The van der Waals surface area contributed by atoms with Gasteiger partial charge in [-0.25, -0.2) is 9.50 Å². The Bertz CT molecular complexity index is 1670. The maximum Gasteiger partial charge on any atom is 0.261 e. The number of H-pyrrole nitrogens is 1. The average Bonchev–Trinajstić information content (AvgIpc) is 3.58. The third-order valence-electron chi connectivity index (χ3n) is 6.77. The molecular weight excluding hydrogens is 478 g/mol. The van der Waals surface area contributed by atoms with Gasteiger partial charge in [0.25, 0.3) is 11.5 Å². The van der Waals surface area contributed by atoms with Crippen LogP contribution in [-0.2, 0) is 0 Å². The number of rotatable bonds is 6. The molecule has 2 N–H and O–H groups in total. The van der Waals surface area contributed by atoms with Gasteiger partial charge in [0.15, 0.2) is 0 Å². The molecule has 5 aromatic heterocycles. The van der Waals surface area contributed by atoms with Crippen LogP contribution in [0.25, 0.3) is 37.2 Å². The minimum absolute atomic E-state index is 0.210. The van der Waals surface area contributed by atoms with Gasteiger partial charge in [0.05, 0.1) is 28.6 Å². The average molecular weight is 504 g/mol. The fourth-order valence-corrected chi connectivity index (χ4v) is 5.98. The van der Waals surface area contributed by atoms with Gasteiger partial charge in [0, 0.05) is 37.7 Å². The predicted molar refractivity (Wildman–Crippen MR) is 139 cm³/mol. The molecule has 1 atom stereocenters. The lowest BCUT2D eigenvalue weighted by atomic mass is 10.2. The number of pyridine rings is 3. The lowest BCUT2D eigenvalue weighted by molar-refractivity contribution is 0.0947. The Hall–Kier alpha value is -3.83. The molecule has 11 heteroatoms. The van der Waals surface area contributed by atoms with Gasteiger partial charge >= 0.3 is 0 Å². The molecule has 1 aliphatic heterocycles. The third kappa shape index (κ3) is 3.80. The standard InChI is InChI=1S/C25H25N7O3S/c1-14-5-4-9-31(14)10-8-26-22(33)15-11-17-20(28-12-15)21-19(23(34)29-17)25-32(30-21)13-18(36-25)16-6-3-7-27-24(16)35-2/h3,6-7,11-14H,4-5,8-10H2,1-2H3,(H,26,33)(H,29,34)/t14-/m0/s1. The zero-order valence-corrected chi connectivity index (χ0v) is 20.8. The normalized spacial score (nSPS) is 16.3. The molecule has 0 saturated carbocycles. The Balaban J connectivity index is 1.31. The van der Waals surface area contributed by atoms with Gasteiger partial charge < -0.3 is 15.0 Å². The van der Waals surface area contributed by atoms with Gasteiger partial charge in [-0.1, -0.05) is 0 Å². The lowest BCUT2D eigenvalue weighted by Crippen LogP contribution is -2.36. The van der Waals surface area contributed by atoms with E-state index in [0.717, 1.165) is 23.5 Å². The first kappa shape index (κ1) is 22.6. The van der Waals surface area contributed by atoms with Crippen molar-refractivity contribution in [1.82, 2.24) is 34.8 Å². The van der Waals surface area contributed by atoms with Crippen molar-refractivity contribution in [2.24, 2.45) is 0 Å². The monoisotopic (exact) mass is 503 g/mol. The van der Waals surface area contributed by atoms with Crippen molar-refractivity contribution >= 4 is 44.0 Å². The van der Waals surface area contributed by atoms with Crippen molar-refractivity contribution in [3.63, 3.8) is 0 Å². The maximum atomic E-state index is 13.1. The number of nitrogens with zero attached hydrogens (tertiary/aromatic N) is 5. The molecule has 0 unspecified atom stereocenters. The highest BCUT2D eigenvalue weighted by Crippen LogP contribution is 2.36. The molecule has 0 aliphatic carbocycles. The van der Waals surface area contributed by atoms with E-state index in [-0.39, 0.29) is 11.5 Å². The van der Waals surface area contributed by atoms with Crippen LogP contribution in [-0.4, -0.2) is 68.2 Å². The van der Waals surface area contributed by atoms with Crippen LogP contribution in [0.15, 0.2) is 41.6 Å². The van der Waals surface area contributed by atoms with Crippen molar-refractivity contribution in [2.45, 2.75) is 25.8 Å². The second-order valence-electron chi connectivity index (χ2n) is 8.99. The molecular formula is C25H25N7O3S. The van der Waals surface area contributed by atoms with Crippen LogP contribution in [0.3, 0.4) is 0 Å². The summed E-state index contributed by atoms with van der Waals surface area (Å²) >= 11 is 1.43. The molecule has 1 saturated heterocycles. The van der Waals surface area contributed by atoms with E-state index in [4.69, 9.17) is 4.74 Å². The fraction of sp³-hybridized carbons (Fsp3) is 0.320. The number of carbonyl (C=O) groups excluding carboxylic acids is 1. The van der Waals surface area contributed by atoms with Crippen LogP contribution >= 0.6 is 11.3 Å². The summed E-state index contributed by atoms with van der Waals surface area (Å²) in [5.74, 6) is 0.297. The number of ether oxygens (including phenoxy) is 1. The Morgan fingerprint density at radius 1 is 1.33 bits per heavy atom. The van der Waals surface area contributed by atoms with Crippen molar-refractivity contribution in [3.8, 4) is 16.3 Å². The van der Waals surface area contributed by atoms with E-state index in [9.17, 15) is 9.59 Å². The lowest BCUT2D eigenvalue weighted by Gasteiger charge is -2.20. The van der Waals surface area contributed by atoms with Gasteiger partial charge in [-0.15, -0.1) is 11.3 Å². The molecule has 1 amide bonds. The predicted octanol–water partition coefficient (Wildman–Crippen LogP) is 3.07. The molecule has 10 nitrogen and oxygen atoms in total. The zero-order valence-electron chi connectivity index (χ0n) is 19.9. The van der Waals surface area contributed by atoms with E-state index in [1.807, 2.05) is 18.3 Å². The van der Waals surface area contributed by atoms with Crippen molar-refractivity contribution in [2.75, 3.05) is 26.7 Å². The van der Waals surface area contributed by atoms with E-state index in [1.165, 1.54) is 30.4 Å². The van der Waals surface area contributed by atoms with Gasteiger partial charge in [-0.05, 0) is 44.5 Å². The highest BCUT2D eigenvalue weighted by Gasteiger charge is 2.21. The number of hydrogen-bond donors (Lipinski definition) is 2. The summed E-state index contributed by atoms with van der Waals surface area (Å²) in [6, 6.07) is 5.97. The largest absolute Gasteiger partial charge is 0.481 e. The number of aromatic amines is 1. The number of nitrogens with one attached hydrogen (secondary N) is 2. The number of carbonyl (C=O) groups is 1. The molecule has 0 bridgehead atoms. The summed E-state index contributed by atoms with van der Waals surface area (Å²) in [5.41, 5.74) is 2.48. The van der Waals surface area contributed by atoms with E-state index in [2.05, 4.69) is 37.2 Å². The summed E-state index contributed by atoms with van der Waals surface area (Å²) < 4.78 is 7.07. The van der Waals surface area contributed by atoms with Gasteiger partial charge in [-0.3, -0.25) is 19.5 Å². The molecule has 1 fully saturated rings. The van der Waals surface area contributed by atoms with Gasteiger partial charge in [0.1, 0.15) is 21.3 Å². The van der Waals surface area contributed by atoms with Crippen LogP contribution in [0.1, 0.15) is 30.1 Å². The van der Waals surface area contributed by atoms with Crippen LogP contribution in [0.2, 0.25) is 0 Å². The zero-order chi connectivity index (χ0) is 24.8. The molecule has 5 aromatic rings. The van der Waals surface area contributed by atoms with Crippen LogP contribution in [0.5, 0.6) is 5.88 Å². The summed E-state index contributed by atoms with van der Waals surface area (Å²) in [6.07, 6.45) is 7.47. The minimum atomic E-state index is -0.276. The number of amides is 1. The fourth-order valence-electron chi connectivity index (χ4n) is 4.88. The quantitative estimate of drug-likeness (QED) is 0.366.